The average Bonchev–Trinajstić information content (AvgIpc) is 2.90. The molecule has 0 spiro atoms. The molecule has 0 aliphatic heterocycles. The van der Waals surface area contributed by atoms with Crippen molar-refractivity contribution in [1.82, 2.24) is 5.32 Å². The van der Waals surface area contributed by atoms with Crippen LogP contribution >= 0.6 is 0 Å². The molecule has 0 heterocycles. The van der Waals surface area contributed by atoms with E-state index in [-0.39, 0.29) is 11.5 Å². The van der Waals surface area contributed by atoms with Crippen molar-refractivity contribution in [3.63, 3.8) is 0 Å². The van der Waals surface area contributed by atoms with Crippen LogP contribution < -0.4 is 11.1 Å². The van der Waals surface area contributed by atoms with Crippen molar-refractivity contribution in [2.75, 3.05) is 12.3 Å². The molecule has 1 aromatic carbocycles. The quantitative estimate of drug-likeness (QED) is 0.634. The maximum Gasteiger partial charge on any atom is 0.253 e. The standard InChI is InChI=1S/C15H21FN2O/c16-12-7-8-14(17)13(10-12)15(19)18-9-3-6-11-4-1-2-5-11/h7-8,10-11H,1-6,9,17H2,(H,18,19). The van der Waals surface area contributed by atoms with E-state index < -0.39 is 5.82 Å². The zero-order valence-corrected chi connectivity index (χ0v) is 11.1. The molecular weight excluding hydrogens is 243 g/mol. The Balaban J connectivity index is 1.75. The van der Waals surface area contributed by atoms with Gasteiger partial charge in [0.05, 0.1) is 5.56 Å². The Morgan fingerprint density at radius 1 is 1.37 bits per heavy atom. The van der Waals surface area contributed by atoms with Gasteiger partial charge in [0.2, 0.25) is 0 Å². The van der Waals surface area contributed by atoms with Crippen LogP contribution in [0.15, 0.2) is 18.2 Å². The first-order valence-electron chi connectivity index (χ1n) is 7.00. The van der Waals surface area contributed by atoms with E-state index in [1.807, 2.05) is 0 Å². The number of halogens is 1. The molecule has 0 aromatic heterocycles. The fourth-order valence-electron chi connectivity index (χ4n) is 2.71. The van der Waals surface area contributed by atoms with Gasteiger partial charge in [-0.05, 0) is 37.0 Å². The maximum absolute atomic E-state index is 13.1. The first kappa shape index (κ1) is 13.8. The molecule has 1 amide bonds. The number of anilines is 1. The van der Waals surface area contributed by atoms with Crippen LogP contribution in [0.5, 0.6) is 0 Å². The average molecular weight is 264 g/mol. The highest BCUT2D eigenvalue weighted by molar-refractivity contribution is 5.99. The van der Waals surface area contributed by atoms with Crippen LogP contribution in [-0.4, -0.2) is 12.5 Å². The number of rotatable bonds is 5. The van der Waals surface area contributed by atoms with Crippen LogP contribution in [0.2, 0.25) is 0 Å². The Labute approximate surface area is 113 Å². The number of nitrogen functional groups attached to an aromatic ring is 1. The smallest absolute Gasteiger partial charge is 0.253 e. The Kier molecular flexibility index (Phi) is 4.77. The fraction of sp³-hybridized carbons (Fsp3) is 0.533. The number of nitrogens with one attached hydrogen (secondary N) is 1. The summed E-state index contributed by atoms with van der Waals surface area (Å²) < 4.78 is 13.1. The third-order valence-corrected chi connectivity index (χ3v) is 3.81. The number of hydrogen-bond acceptors (Lipinski definition) is 2. The molecule has 2 rings (SSSR count). The summed E-state index contributed by atoms with van der Waals surface area (Å²) in [6, 6.07) is 3.86. The summed E-state index contributed by atoms with van der Waals surface area (Å²) in [5.41, 5.74) is 6.20. The van der Waals surface area contributed by atoms with Gasteiger partial charge in [0.15, 0.2) is 0 Å². The first-order chi connectivity index (χ1) is 9.16. The second-order valence-corrected chi connectivity index (χ2v) is 5.28. The van der Waals surface area contributed by atoms with Gasteiger partial charge >= 0.3 is 0 Å². The van der Waals surface area contributed by atoms with Gasteiger partial charge in [-0.15, -0.1) is 0 Å². The summed E-state index contributed by atoms with van der Waals surface area (Å²) in [6.45, 7) is 0.630. The summed E-state index contributed by atoms with van der Waals surface area (Å²) in [4.78, 5) is 11.9. The van der Waals surface area contributed by atoms with E-state index in [0.717, 1.165) is 12.3 Å². The van der Waals surface area contributed by atoms with Gasteiger partial charge in [0.25, 0.3) is 5.91 Å². The third kappa shape index (κ3) is 3.94. The molecule has 1 aromatic rings. The van der Waals surface area contributed by atoms with Crippen LogP contribution in [-0.2, 0) is 0 Å². The highest BCUT2D eigenvalue weighted by Gasteiger charge is 2.15. The Hall–Kier alpha value is -1.58. The van der Waals surface area contributed by atoms with E-state index in [1.54, 1.807) is 0 Å². The summed E-state index contributed by atoms with van der Waals surface area (Å²) in [5, 5.41) is 2.81. The molecule has 104 valence electrons. The highest BCUT2D eigenvalue weighted by Crippen LogP contribution is 2.28. The predicted octanol–water partition coefficient (Wildman–Crippen LogP) is 3.11. The van der Waals surface area contributed by atoms with Gasteiger partial charge in [-0.25, -0.2) is 4.39 Å². The first-order valence-corrected chi connectivity index (χ1v) is 7.00. The molecule has 0 radical (unpaired) electrons. The lowest BCUT2D eigenvalue weighted by Crippen LogP contribution is -2.25. The predicted molar refractivity (Wildman–Crippen MR) is 74.3 cm³/mol. The molecule has 1 saturated carbocycles. The van der Waals surface area contributed by atoms with E-state index in [9.17, 15) is 9.18 Å². The summed E-state index contributed by atoms with van der Waals surface area (Å²) in [6.07, 6.45) is 7.48. The lowest BCUT2D eigenvalue weighted by molar-refractivity contribution is 0.0953. The number of amides is 1. The molecule has 0 unspecified atom stereocenters. The fourth-order valence-corrected chi connectivity index (χ4v) is 2.71. The summed E-state index contributed by atoms with van der Waals surface area (Å²) >= 11 is 0. The van der Waals surface area contributed by atoms with Gasteiger partial charge in [0.1, 0.15) is 5.82 Å². The molecule has 19 heavy (non-hydrogen) atoms. The van der Waals surface area contributed by atoms with Crippen LogP contribution in [0.4, 0.5) is 10.1 Å². The van der Waals surface area contributed by atoms with E-state index >= 15 is 0 Å². The Morgan fingerprint density at radius 3 is 2.84 bits per heavy atom. The van der Waals surface area contributed by atoms with Crippen molar-refractivity contribution in [3.8, 4) is 0 Å². The topological polar surface area (TPSA) is 55.1 Å². The van der Waals surface area contributed by atoms with Crippen LogP contribution in [0, 0.1) is 11.7 Å². The molecule has 3 nitrogen and oxygen atoms in total. The van der Waals surface area contributed by atoms with Crippen molar-refractivity contribution in [2.24, 2.45) is 5.92 Å². The summed E-state index contributed by atoms with van der Waals surface area (Å²) in [7, 11) is 0. The number of carbonyl (C=O) groups is 1. The highest BCUT2D eigenvalue weighted by atomic mass is 19.1. The molecule has 0 atom stereocenters. The van der Waals surface area contributed by atoms with E-state index in [1.165, 1.54) is 50.3 Å². The van der Waals surface area contributed by atoms with Gasteiger partial charge in [0, 0.05) is 12.2 Å². The van der Waals surface area contributed by atoms with Crippen molar-refractivity contribution in [2.45, 2.75) is 38.5 Å². The number of benzene rings is 1. The molecule has 1 aliphatic carbocycles. The third-order valence-electron chi connectivity index (χ3n) is 3.81. The monoisotopic (exact) mass is 264 g/mol. The molecule has 0 saturated heterocycles. The summed E-state index contributed by atoms with van der Waals surface area (Å²) in [5.74, 6) is 0.102. The lowest BCUT2D eigenvalue weighted by atomic mass is 10.0. The lowest BCUT2D eigenvalue weighted by Gasteiger charge is -2.10. The number of nitrogens with two attached hydrogens (primary N) is 1. The minimum absolute atomic E-state index is 0.223. The molecule has 4 heteroatoms. The zero-order chi connectivity index (χ0) is 13.7. The van der Waals surface area contributed by atoms with E-state index in [4.69, 9.17) is 5.73 Å². The minimum atomic E-state index is -0.440. The molecule has 1 aliphatic rings. The Morgan fingerprint density at radius 2 is 2.11 bits per heavy atom. The SMILES string of the molecule is Nc1ccc(F)cc1C(=O)NCCCC1CCCC1. The normalized spacial score (nSPS) is 15.6. The largest absolute Gasteiger partial charge is 0.398 e. The van der Waals surface area contributed by atoms with Gasteiger partial charge < -0.3 is 11.1 Å². The molecule has 0 bridgehead atoms. The van der Waals surface area contributed by atoms with Crippen molar-refractivity contribution in [1.29, 1.82) is 0 Å². The molecular formula is C15H21FN2O. The molecule has 3 N–H and O–H groups in total. The maximum atomic E-state index is 13.1. The van der Waals surface area contributed by atoms with E-state index in [0.29, 0.717) is 12.2 Å². The second-order valence-electron chi connectivity index (χ2n) is 5.28. The zero-order valence-electron chi connectivity index (χ0n) is 11.1. The van der Waals surface area contributed by atoms with Gasteiger partial charge in [-0.3, -0.25) is 4.79 Å². The second kappa shape index (κ2) is 6.55. The van der Waals surface area contributed by atoms with Gasteiger partial charge in [-0.1, -0.05) is 25.7 Å². The van der Waals surface area contributed by atoms with Crippen LogP contribution in [0.25, 0.3) is 0 Å². The van der Waals surface area contributed by atoms with Crippen LogP contribution in [0.1, 0.15) is 48.9 Å². The van der Waals surface area contributed by atoms with Crippen molar-refractivity contribution >= 4 is 11.6 Å². The van der Waals surface area contributed by atoms with Crippen molar-refractivity contribution in [3.05, 3.63) is 29.6 Å². The molecule has 1 fully saturated rings. The van der Waals surface area contributed by atoms with Crippen LogP contribution in [0.3, 0.4) is 0 Å². The number of hydrogen-bond donors (Lipinski definition) is 2. The Bertz CT molecular complexity index is 442. The van der Waals surface area contributed by atoms with Gasteiger partial charge in [-0.2, -0.15) is 0 Å². The number of carbonyl (C=O) groups excluding carboxylic acids is 1. The van der Waals surface area contributed by atoms with Crippen molar-refractivity contribution < 1.29 is 9.18 Å². The van der Waals surface area contributed by atoms with E-state index in [2.05, 4.69) is 5.32 Å². The minimum Gasteiger partial charge on any atom is -0.398 e.